The van der Waals surface area contributed by atoms with E-state index in [4.69, 9.17) is 11.6 Å². The van der Waals surface area contributed by atoms with Crippen LogP contribution in [0.25, 0.3) is 11.0 Å². The number of fused-ring (bicyclic) bond motifs is 1. The second-order valence-electron chi connectivity index (χ2n) is 10.6. The lowest BCUT2D eigenvalue weighted by Gasteiger charge is -2.30. The van der Waals surface area contributed by atoms with Gasteiger partial charge in [0, 0.05) is 32.5 Å². The number of halogens is 6. The maximum atomic E-state index is 13.4. The summed E-state index contributed by atoms with van der Waals surface area (Å²) in [7, 11) is 1.78. The number of aliphatic hydroxyl groups is 1. The lowest BCUT2D eigenvalue weighted by molar-refractivity contribution is -0.192. The number of carbonyl (C=O) groups is 1. The molecule has 216 valence electrons. The van der Waals surface area contributed by atoms with Crippen molar-refractivity contribution in [2.45, 2.75) is 69.4 Å². The molecule has 2 aromatic carbocycles. The van der Waals surface area contributed by atoms with Crippen molar-refractivity contribution < 1.29 is 31.9 Å². The number of aromatic nitrogens is 2. The van der Waals surface area contributed by atoms with Crippen LogP contribution in [0.15, 0.2) is 36.4 Å². The number of nitrogens with one attached hydrogen (secondary N) is 3. The number of rotatable bonds is 8. The lowest BCUT2D eigenvalue weighted by atomic mass is 9.92. The van der Waals surface area contributed by atoms with Crippen LogP contribution in [-0.2, 0) is 18.4 Å². The standard InChI is InChI=1S/C27H29ClF5N5O2/c1-38-21-5-3-16(22(39)35-17-6-8-26(29,30)9-7-17)13-20(21)37-24(38)36-19-12-15(2-4-18(19)28)14-34-23(40)25(10-11-25)27(31,32)33/h2-5,12-13,17,22,35,39H,6-11,14H2,1H3,(H,34,40)(H,36,37). The molecule has 0 saturated heterocycles. The number of carbonyl (C=O) groups excluding carboxylic acids is 1. The monoisotopic (exact) mass is 585 g/mol. The summed E-state index contributed by atoms with van der Waals surface area (Å²) in [5, 5.41) is 19.5. The minimum absolute atomic E-state index is 0.0993. The van der Waals surface area contributed by atoms with Crippen LogP contribution in [0.1, 0.15) is 55.9 Å². The Morgan fingerprint density at radius 1 is 1.15 bits per heavy atom. The molecule has 40 heavy (non-hydrogen) atoms. The highest BCUT2D eigenvalue weighted by atomic mass is 35.5. The normalized spacial score (nSPS) is 19.4. The molecule has 2 fully saturated rings. The minimum atomic E-state index is -4.58. The number of imidazole rings is 1. The predicted octanol–water partition coefficient (Wildman–Crippen LogP) is 6.09. The predicted molar refractivity (Wildman–Crippen MR) is 140 cm³/mol. The van der Waals surface area contributed by atoms with Gasteiger partial charge in [-0.3, -0.25) is 10.1 Å². The highest BCUT2D eigenvalue weighted by Crippen LogP contribution is 2.57. The highest BCUT2D eigenvalue weighted by molar-refractivity contribution is 6.33. The van der Waals surface area contributed by atoms with Crippen molar-refractivity contribution in [2.24, 2.45) is 12.5 Å². The highest BCUT2D eigenvalue weighted by Gasteiger charge is 2.68. The molecule has 0 aliphatic heterocycles. The summed E-state index contributed by atoms with van der Waals surface area (Å²) in [6.45, 7) is -0.0993. The fraction of sp³-hybridized carbons (Fsp3) is 0.481. The third-order valence-electron chi connectivity index (χ3n) is 7.79. The number of alkyl halides is 5. The summed E-state index contributed by atoms with van der Waals surface area (Å²) >= 11 is 6.36. The topological polar surface area (TPSA) is 91.2 Å². The molecule has 1 unspecified atom stereocenters. The number of benzene rings is 2. The van der Waals surface area contributed by atoms with E-state index in [9.17, 15) is 31.9 Å². The number of anilines is 2. The Hall–Kier alpha value is -2.96. The molecule has 0 bridgehead atoms. The summed E-state index contributed by atoms with van der Waals surface area (Å²) in [4.78, 5) is 16.8. The molecule has 1 amide bonds. The Morgan fingerprint density at radius 3 is 2.50 bits per heavy atom. The zero-order valence-electron chi connectivity index (χ0n) is 21.6. The van der Waals surface area contributed by atoms with Gasteiger partial charge in [-0.15, -0.1) is 0 Å². The van der Waals surface area contributed by atoms with Crippen molar-refractivity contribution in [1.82, 2.24) is 20.2 Å². The first-order valence-corrected chi connectivity index (χ1v) is 13.3. The summed E-state index contributed by atoms with van der Waals surface area (Å²) in [6.07, 6.45) is -5.93. The summed E-state index contributed by atoms with van der Waals surface area (Å²) in [5.74, 6) is -3.27. The van der Waals surface area contributed by atoms with Crippen molar-refractivity contribution in [1.29, 1.82) is 0 Å². The molecule has 2 aliphatic carbocycles. The van der Waals surface area contributed by atoms with Crippen LogP contribution >= 0.6 is 11.6 Å². The first-order valence-electron chi connectivity index (χ1n) is 13.0. The molecule has 5 rings (SSSR count). The van der Waals surface area contributed by atoms with Crippen LogP contribution in [-0.4, -0.2) is 38.7 Å². The zero-order valence-corrected chi connectivity index (χ0v) is 22.3. The van der Waals surface area contributed by atoms with Gasteiger partial charge in [0.1, 0.15) is 11.6 Å². The Kier molecular flexibility index (Phi) is 7.47. The van der Waals surface area contributed by atoms with Crippen molar-refractivity contribution in [3.63, 3.8) is 0 Å². The van der Waals surface area contributed by atoms with E-state index in [1.165, 1.54) is 0 Å². The molecule has 4 N–H and O–H groups in total. The number of nitrogens with zero attached hydrogens (tertiary/aromatic N) is 2. The van der Waals surface area contributed by atoms with Gasteiger partial charge in [-0.1, -0.05) is 23.7 Å². The molecule has 7 nitrogen and oxygen atoms in total. The van der Waals surface area contributed by atoms with E-state index in [1.54, 1.807) is 48.0 Å². The molecule has 1 atom stereocenters. The van der Waals surface area contributed by atoms with Crippen molar-refractivity contribution >= 4 is 40.2 Å². The first-order chi connectivity index (χ1) is 18.8. The van der Waals surface area contributed by atoms with E-state index in [2.05, 4.69) is 20.9 Å². The number of hydrogen-bond acceptors (Lipinski definition) is 5. The quantitative estimate of drug-likeness (QED) is 0.190. The van der Waals surface area contributed by atoms with Crippen molar-refractivity contribution in [3.05, 3.63) is 52.5 Å². The average Bonchev–Trinajstić information content (AvgIpc) is 3.66. The second-order valence-corrected chi connectivity index (χ2v) is 11.1. The number of aryl methyl sites for hydroxylation is 1. The third-order valence-corrected chi connectivity index (χ3v) is 8.12. The van der Waals surface area contributed by atoms with E-state index < -0.39 is 29.6 Å². The van der Waals surface area contributed by atoms with Crippen molar-refractivity contribution in [2.75, 3.05) is 5.32 Å². The molecule has 2 aliphatic rings. The number of amides is 1. The van der Waals surface area contributed by atoms with E-state index in [0.29, 0.717) is 33.3 Å². The molecular weight excluding hydrogens is 557 g/mol. The molecule has 0 radical (unpaired) electrons. The van der Waals surface area contributed by atoms with Gasteiger partial charge in [-0.2, -0.15) is 13.2 Å². The molecule has 0 spiro atoms. The van der Waals surface area contributed by atoms with E-state index in [-0.39, 0.29) is 51.1 Å². The van der Waals surface area contributed by atoms with E-state index in [1.807, 2.05) is 0 Å². The summed E-state index contributed by atoms with van der Waals surface area (Å²) in [6, 6.07) is 9.82. The maximum Gasteiger partial charge on any atom is 0.403 e. The van der Waals surface area contributed by atoms with E-state index in [0.717, 1.165) is 5.52 Å². The Balaban J connectivity index is 1.27. The van der Waals surface area contributed by atoms with Crippen LogP contribution in [0.3, 0.4) is 0 Å². The summed E-state index contributed by atoms with van der Waals surface area (Å²) < 4.78 is 68.3. The fourth-order valence-electron chi connectivity index (χ4n) is 5.04. The van der Waals surface area contributed by atoms with Gasteiger partial charge in [0.25, 0.3) is 0 Å². The summed E-state index contributed by atoms with van der Waals surface area (Å²) in [5.41, 5.74) is 0.559. The molecule has 13 heteroatoms. The molecule has 1 aromatic heterocycles. The van der Waals surface area contributed by atoms with Crippen LogP contribution in [0.2, 0.25) is 5.02 Å². The van der Waals surface area contributed by atoms with Gasteiger partial charge >= 0.3 is 6.18 Å². The van der Waals surface area contributed by atoms with Crippen LogP contribution in [0, 0.1) is 5.41 Å². The first kappa shape index (κ1) is 28.6. The number of hydrogen-bond donors (Lipinski definition) is 4. The zero-order chi connectivity index (χ0) is 28.9. The maximum absolute atomic E-state index is 13.4. The molecule has 3 aromatic rings. The van der Waals surface area contributed by atoms with Gasteiger partial charge in [0.15, 0.2) is 0 Å². The van der Waals surface area contributed by atoms with Crippen LogP contribution < -0.4 is 16.0 Å². The molecular formula is C27H29ClF5N5O2. The number of aliphatic hydroxyl groups excluding tert-OH is 1. The van der Waals surface area contributed by atoms with Gasteiger partial charge in [-0.25, -0.2) is 13.8 Å². The third kappa shape index (κ3) is 5.75. The van der Waals surface area contributed by atoms with Gasteiger partial charge in [0.2, 0.25) is 17.8 Å². The minimum Gasteiger partial charge on any atom is -0.374 e. The molecule has 1 heterocycles. The SMILES string of the molecule is Cn1c(Nc2cc(CNC(=O)C3(C(F)(F)F)CC3)ccc2Cl)nc2cc(C(O)NC3CCC(F)(F)CC3)ccc21. The molecule has 2 saturated carbocycles. The Morgan fingerprint density at radius 2 is 1.85 bits per heavy atom. The fourth-order valence-corrected chi connectivity index (χ4v) is 5.20. The largest absolute Gasteiger partial charge is 0.403 e. The average molecular weight is 586 g/mol. The van der Waals surface area contributed by atoms with Crippen LogP contribution in [0.4, 0.5) is 33.6 Å². The van der Waals surface area contributed by atoms with Gasteiger partial charge in [0.05, 0.1) is 21.7 Å². The van der Waals surface area contributed by atoms with E-state index >= 15 is 0 Å². The second kappa shape index (κ2) is 10.5. The van der Waals surface area contributed by atoms with Gasteiger partial charge < -0.3 is 20.3 Å². The Labute approximate surface area is 232 Å². The van der Waals surface area contributed by atoms with Gasteiger partial charge in [-0.05, 0) is 61.1 Å². The lowest BCUT2D eigenvalue weighted by Crippen LogP contribution is -2.40. The van der Waals surface area contributed by atoms with Crippen molar-refractivity contribution in [3.8, 4) is 0 Å². The Bertz CT molecular complexity index is 1410. The van der Waals surface area contributed by atoms with Crippen LogP contribution in [0.5, 0.6) is 0 Å². The smallest absolute Gasteiger partial charge is 0.374 e.